The summed E-state index contributed by atoms with van der Waals surface area (Å²) in [5.41, 5.74) is 0.849. The number of hydrogen-bond acceptors (Lipinski definition) is 3. The summed E-state index contributed by atoms with van der Waals surface area (Å²) in [6.45, 7) is 5.53. The molecular weight excluding hydrogens is 216 g/mol. The Balaban J connectivity index is 2.51. The number of amides is 1. The maximum absolute atomic E-state index is 11.8. The predicted octanol–water partition coefficient (Wildman–Crippen LogP) is 1.53. The van der Waals surface area contributed by atoms with Gasteiger partial charge in [0.15, 0.2) is 5.78 Å². The summed E-state index contributed by atoms with van der Waals surface area (Å²) in [5.74, 6) is -0.448. The highest BCUT2D eigenvalue weighted by Crippen LogP contribution is 2.12. The Hall–Kier alpha value is -1.71. The van der Waals surface area contributed by atoms with Gasteiger partial charge in [-0.05, 0) is 18.6 Å². The van der Waals surface area contributed by atoms with Crippen molar-refractivity contribution in [2.75, 3.05) is 6.54 Å². The lowest BCUT2D eigenvalue weighted by atomic mass is 10.0. The van der Waals surface area contributed by atoms with Gasteiger partial charge in [0.05, 0.1) is 12.5 Å². The Morgan fingerprint density at radius 1 is 1.35 bits per heavy atom. The largest absolute Gasteiger partial charge is 0.348 e. The molecule has 0 saturated heterocycles. The van der Waals surface area contributed by atoms with Gasteiger partial charge in [-0.15, -0.1) is 0 Å². The molecule has 1 N–H and O–H groups in total. The van der Waals surface area contributed by atoms with Crippen molar-refractivity contribution in [3.05, 3.63) is 30.1 Å². The van der Waals surface area contributed by atoms with Gasteiger partial charge in [-0.1, -0.05) is 19.9 Å². The van der Waals surface area contributed by atoms with Crippen LogP contribution >= 0.6 is 0 Å². The van der Waals surface area contributed by atoms with Gasteiger partial charge >= 0.3 is 0 Å². The molecule has 17 heavy (non-hydrogen) atoms. The maximum Gasteiger partial charge on any atom is 0.227 e. The van der Waals surface area contributed by atoms with E-state index in [1.807, 2.05) is 19.9 Å². The Labute approximate surface area is 101 Å². The van der Waals surface area contributed by atoms with Crippen LogP contribution in [0.4, 0.5) is 0 Å². The lowest BCUT2D eigenvalue weighted by molar-refractivity contribution is -0.127. The molecule has 0 bridgehead atoms. The number of rotatable bonds is 5. The first-order valence-corrected chi connectivity index (χ1v) is 5.72. The fourth-order valence-corrected chi connectivity index (χ4v) is 1.31. The predicted molar refractivity (Wildman–Crippen MR) is 65.5 cm³/mol. The van der Waals surface area contributed by atoms with E-state index in [0.717, 1.165) is 5.56 Å². The van der Waals surface area contributed by atoms with Crippen LogP contribution in [-0.4, -0.2) is 23.2 Å². The van der Waals surface area contributed by atoms with E-state index in [2.05, 4.69) is 10.3 Å². The van der Waals surface area contributed by atoms with Crippen LogP contribution < -0.4 is 5.32 Å². The molecule has 4 heteroatoms. The van der Waals surface area contributed by atoms with Crippen molar-refractivity contribution < 1.29 is 9.59 Å². The molecule has 0 aliphatic carbocycles. The Morgan fingerprint density at radius 3 is 2.59 bits per heavy atom. The Kier molecular flexibility index (Phi) is 4.82. The third kappa shape index (κ3) is 3.98. The lowest BCUT2D eigenvalue weighted by Crippen LogP contribution is -2.34. The maximum atomic E-state index is 11.8. The molecule has 92 valence electrons. The van der Waals surface area contributed by atoms with E-state index in [4.69, 9.17) is 0 Å². The van der Waals surface area contributed by atoms with Crippen LogP contribution in [0.5, 0.6) is 0 Å². The summed E-state index contributed by atoms with van der Waals surface area (Å²) in [5, 5.41) is 2.65. The highest BCUT2D eigenvalue weighted by molar-refractivity contribution is 5.89. The van der Waals surface area contributed by atoms with E-state index in [9.17, 15) is 9.59 Å². The molecule has 1 heterocycles. The van der Waals surface area contributed by atoms with Crippen LogP contribution in [0.25, 0.3) is 0 Å². The molecule has 1 atom stereocenters. The zero-order chi connectivity index (χ0) is 12.8. The lowest BCUT2D eigenvalue weighted by Gasteiger charge is -2.12. The summed E-state index contributed by atoms with van der Waals surface area (Å²) in [6.07, 6.45) is 3.32. The van der Waals surface area contributed by atoms with Gasteiger partial charge in [0.25, 0.3) is 0 Å². The Bertz CT molecular complexity index is 388. The SMILES string of the molecule is CC(C)C(=O)CNC(=O)[C@H](C)c1cccnc1. The van der Waals surface area contributed by atoms with E-state index in [0.29, 0.717) is 0 Å². The minimum atomic E-state index is -0.288. The topological polar surface area (TPSA) is 59.1 Å². The van der Waals surface area contributed by atoms with Crippen molar-refractivity contribution in [2.45, 2.75) is 26.7 Å². The zero-order valence-corrected chi connectivity index (χ0v) is 10.4. The monoisotopic (exact) mass is 234 g/mol. The van der Waals surface area contributed by atoms with E-state index >= 15 is 0 Å². The van der Waals surface area contributed by atoms with Crippen LogP contribution in [0.2, 0.25) is 0 Å². The van der Waals surface area contributed by atoms with Crippen molar-refractivity contribution in [1.29, 1.82) is 0 Å². The van der Waals surface area contributed by atoms with Gasteiger partial charge in [0, 0.05) is 18.3 Å². The van der Waals surface area contributed by atoms with Crippen molar-refractivity contribution in [3.8, 4) is 0 Å². The fraction of sp³-hybridized carbons (Fsp3) is 0.462. The second kappa shape index (κ2) is 6.13. The second-order valence-electron chi connectivity index (χ2n) is 4.35. The number of carbonyl (C=O) groups is 2. The number of ketones is 1. The van der Waals surface area contributed by atoms with Crippen LogP contribution in [0.15, 0.2) is 24.5 Å². The van der Waals surface area contributed by atoms with Crippen molar-refractivity contribution in [2.24, 2.45) is 5.92 Å². The van der Waals surface area contributed by atoms with E-state index in [-0.39, 0.29) is 30.1 Å². The molecule has 0 aliphatic heterocycles. The fourth-order valence-electron chi connectivity index (χ4n) is 1.31. The highest BCUT2D eigenvalue weighted by Gasteiger charge is 2.16. The first-order valence-electron chi connectivity index (χ1n) is 5.72. The van der Waals surface area contributed by atoms with E-state index in [1.54, 1.807) is 25.4 Å². The first-order chi connectivity index (χ1) is 8.02. The molecule has 1 aromatic rings. The second-order valence-corrected chi connectivity index (χ2v) is 4.35. The van der Waals surface area contributed by atoms with Crippen LogP contribution in [-0.2, 0) is 9.59 Å². The van der Waals surface area contributed by atoms with Gasteiger partial charge in [-0.3, -0.25) is 14.6 Å². The molecule has 1 amide bonds. The average molecular weight is 234 g/mol. The van der Waals surface area contributed by atoms with Gasteiger partial charge in [0.1, 0.15) is 0 Å². The molecule has 0 aromatic carbocycles. The van der Waals surface area contributed by atoms with Crippen molar-refractivity contribution >= 4 is 11.7 Å². The minimum Gasteiger partial charge on any atom is -0.348 e. The molecule has 0 fully saturated rings. The molecule has 0 saturated carbocycles. The van der Waals surface area contributed by atoms with Gasteiger partial charge < -0.3 is 5.32 Å². The smallest absolute Gasteiger partial charge is 0.227 e. The summed E-state index contributed by atoms with van der Waals surface area (Å²) in [6, 6.07) is 3.64. The number of aromatic nitrogens is 1. The molecule has 0 aliphatic rings. The van der Waals surface area contributed by atoms with Crippen molar-refractivity contribution in [1.82, 2.24) is 10.3 Å². The highest BCUT2D eigenvalue weighted by atomic mass is 16.2. The normalized spacial score (nSPS) is 12.2. The number of hydrogen-bond donors (Lipinski definition) is 1. The summed E-state index contributed by atoms with van der Waals surface area (Å²) < 4.78 is 0. The number of Topliss-reactive ketones (excluding diaryl/α,β-unsaturated/α-hetero) is 1. The van der Waals surface area contributed by atoms with Crippen LogP contribution in [0.1, 0.15) is 32.3 Å². The molecule has 0 spiro atoms. The summed E-state index contributed by atoms with van der Waals surface area (Å²) >= 11 is 0. The summed E-state index contributed by atoms with van der Waals surface area (Å²) in [7, 11) is 0. The third-order valence-corrected chi connectivity index (χ3v) is 2.66. The standard InChI is InChI=1S/C13H18N2O2/c1-9(2)12(16)8-15-13(17)10(3)11-5-4-6-14-7-11/h4-7,9-10H,8H2,1-3H3,(H,15,17)/t10-/m1/s1. The zero-order valence-electron chi connectivity index (χ0n) is 10.4. The quantitative estimate of drug-likeness (QED) is 0.840. The Morgan fingerprint density at radius 2 is 2.06 bits per heavy atom. The van der Waals surface area contributed by atoms with E-state index in [1.165, 1.54) is 0 Å². The van der Waals surface area contributed by atoms with Crippen LogP contribution in [0.3, 0.4) is 0 Å². The van der Waals surface area contributed by atoms with Crippen molar-refractivity contribution in [3.63, 3.8) is 0 Å². The molecular formula is C13H18N2O2. The average Bonchev–Trinajstić information content (AvgIpc) is 2.35. The molecule has 4 nitrogen and oxygen atoms in total. The molecule has 1 rings (SSSR count). The molecule has 1 aromatic heterocycles. The van der Waals surface area contributed by atoms with E-state index < -0.39 is 0 Å². The minimum absolute atomic E-state index is 0.0386. The number of nitrogens with zero attached hydrogens (tertiary/aromatic N) is 1. The molecule has 0 unspecified atom stereocenters. The number of carbonyl (C=O) groups excluding carboxylic acids is 2. The van der Waals surface area contributed by atoms with Gasteiger partial charge in [0.2, 0.25) is 5.91 Å². The summed E-state index contributed by atoms with van der Waals surface area (Å²) in [4.78, 5) is 27.1. The van der Waals surface area contributed by atoms with Gasteiger partial charge in [-0.2, -0.15) is 0 Å². The number of nitrogens with one attached hydrogen (secondary N) is 1. The van der Waals surface area contributed by atoms with Gasteiger partial charge in [-0.25, -0.2) is 0 Å². The third-order valence-electron chi connectivity index (χ3n) is 2.66. The van der Waals surface area contributed by atoms with Crippen LogP contribution in [0, 0.1) is 5.92 Å². The first kappa shape index (κ1) is 13.4. The number of pyridine rings is 1. The molecule has 0 radical (unpaired) electrons.